The minimum atomic E-state index is -0.298. The zero-order chi connectivity index (χ0) is 21.1. The standard InChI is InChI=1S/C24H25FN4O/c1-28(2)24-26-15-20(19-12-6-7-13-21(19)25)22(27-24)18-11-8-14-29(16-18)23(30)17-9-4-3-5-10-17/h3-7,9-10,12-13,15,18H,8,11,14,16H2,1-2H3. The first-order chi connectivity index (χ1) is 14.5. The van der Waals surface area contributed by atoms with E-state index in [1.165, 1.54) is 6.07 Å². The van der Waals surface area contributed by atoms with Crippen LogP contribution >= 0.6 is 0 Å². The van der Waals surface area contributed by atoms with Crippen LogP contribution in [-0.2, 0) is 0 Å². The average molecular weight is 404 g/mol. The van der Waals surface area contributed by atoms with Crippen LogP contribution in [0, 0.1) is 5.82 Å². The van der Waals surface area contributed by atoms with Gasteiger partial charge in [0.05, 0.1) is 5.69 Å². The fraction of sp³-hybridized carbons (Fsp3) is 0.292. The molecule has 1 aromatic heterocycles. The monoisotopic (exact) mass is 404 g/mol. The summed E-state index contributed by atoms with van der Waals surface area (Å²) in [6.07, 6.45) is 3.47. The molecule has 2 aromatic carbocycles. The van der Waals surface area contributed by atoms with E-state index in [-0.39, 0.29) is 17.6 Å². The highest BCUT2D eigenvalue weighted by atomic mass is 19.1. The lowest BCUT2D eigenvalue weighted by Crippen LogP contribution is -2.39. The number of hydrogen-bond donors (Lipinski definition) is 0. The van der Waals surface area contributed by atoms with E-state index < -0.39 is 0 Å². The molecule has 3 aromatic rings. The fourth-order valence-electron chi connectivity index (χ4n) is 3.95. The van der Waals surface area contributed by atoms with Crippen LogP contribution in [0.3, 0.4) is 0 Å². The van der Waals surface area contributed by atoms with Crippen molar-refractivity contribution in [3.05, 3.63) is 77.9 Å². The molecule has 1 aliphatic heterocycles. The number of nitrogens with zero attached hydrogens (tertiary/aromatic N) is 4. The van der Waals surface area contributed by atoms with E-state index in [4.69, 9.17) is 4.98 Å². The zero-order valence-corrected chi connectivity index (χ0v) is 17.3. The molecule has 6 heteroatoms. The molecule has 154 valence electrons. The summed E-state index contributed by atoms with van der Waals surface area (Å²) in [5, 5.41) is 0. The lowest BCUT2D eigenvalue weighted by Gasteiger charge is -2.33. The van der Waals surface area contributed by atoms with Crippen molar-refractivity contribution < 1.29 is 9.18 Å². The second-order valence-corrected chi connectivity index (χ2v) is 7.80. The van der Waals surface area contributed by atoms with Gasteiger partial charge in [-0.1, -0.05) is 36.4 Å². The predicted octanol–water partition coefficient (Wildman–Crippen LogP) is 4.37. The Hall–Kier alpha value is -3.28. The molecule has 1 aliphatic rings. The Balaban J connectivity index is 1.70. The predicted molar refractivity (Wildman–Crippen MR) is 116 cm³/mol. The molecule has 0 saturated carbocycles. The van der Waals surface area contributed by atoms with Crippen molar-refractivity contribution in [3.63, 3.8) is 0 Å². The van der Waals surface area contributed by atoms with Crippen molar-refractivity contribution in [2.45, 2.75) is 18.8 Å². The summed E-state index contributed by atoms with van der Waals surface area (Å²) >= 11 is 0. The van der Waals surface area contributed by atoms with Gasteiger partial charge in [0.25, 0.3) is 5.91 Å². The molecule has 0 radical (unpaired) electrons. The molecule has 0 spiro atoms. The van der Waals surface area contributed by atoms with Crippen LogP contribution in [0.15, 0.2) is 60.8 Å². The summed E-state index contributed by atoms with van der Waals surface area (Å²) in [5.41, 5.74) is 2.66. The summed E-state index contributed by atoms with van der Waals surface area (Å²) in [7, 11) is 3.77. The minimum Gasteiger partial charge on any atom is -0.347 e. The van der Waals surface area contributed by atoms with E-state index in [1.807, 2.05) is 60.3 Å². The van der Waals surface area contributed by atoms with Gasteiger partial charge in [-0.15, -0.1) is 0 Å². The number of piperidine rings is 1. The Morgan fingerprint density at radius 3 is 2.53 bits per heavy atom. The molecular formula is C24H25FN4O. The Kier molecular flexibility index (Phi) is 5.74. The molecule has 1 unspecified atom stereocenters. The van der Waals surface area contributed by atoms with Gasteiger partial charge in [0, 0.05) is 56.0 Å². The number of benzene rings is 2. The lowest BCUT2D eigenvalue weighted by atomic mass is 9.89. The van der Waals surface area contributed by atoms with Crippen LogP contribution in [0.25, 0.3) is 11.1 Å². The molecule has 1 amide bonds. The number of hydrogen-bond acceptors (Lipinski definition) is 4. The highest BCUT2D eigenvalue weighted by Crippen LogP contribution is 2.35. The van der Waals surface area contributed by atoms with Crippen LogP contribution in [0.1, 0.15) is 34.8 Å². The maximum absolute atomic E-state index is 14.6. The number of carbonyl (C=O) groups excluding carboxylic acids is 1. The van der Waals surface area contributed by atoms with Crippen molar-refractivity contribution in [1.82, 2.24) is 14.9 Å². The first-order valence-electron chi connectivity index (χ1n) is 10.2. The number of carbonyl (C=O) groups is 1. The fourth-order valence-corrected chi connectivity index (χ4v) is 3.95. The summed E-state index contributed by atoms with van der Waals surface area (Å²) < 4.78 is 14.6. The van der Waals surface area contributed by atoms with Crippen molar-refractivity contribution in [2.24, 2.45) is 0 Å². The van der Waals surface area contributed by atoms with E-state index in [1.54, 1.807) is 18.3 Å². The number of likely N-dealkylation sites (tertiary alicyclic amines) is 1. The number of halogens is 1. The SMILES string of the molecule is CN(C)c1ncc(-c2ccccc2F)c(C2CCCN(C(=O)c3ccccc3)C2)n1. The van der Waals surface area contributed by atoms with Crippen LogP contribution < -0.4 is 4.90 Å². The van der Waals surface area contributed by atoms with Gasteiger partial charge in [-0.2, -0.15) is 0 Å². The Morgan fingerprint density at radius 1 is 1.07 bits per heavy atom. The summed E-state index contributed by atoms with van der Waals surface area (Å²) in [4.78, 5) is 25.9. The minimum absolute atomic E-state index is 0.0164. The summed E-state index contributed by atoms with van der Waals surface area (Å²) in [5.74, 6) is 0.321. The summed E-state index contributed by atoms with van der Waals surface area (Å²) in [6.45, 7) is 1.27. The second-order valence-electron chi connectivity index (χ2n) is 7.80. The molecule has 30 heavy (non-hydrogen) atoms. The highest BCUT2D eigenvalue weighted by Gasteiger charge is 2.29. The molecule has 0 N–H and O–H groups in total. The number of amides is 1. The normalized spacial score (nSPS) is 16.4. The largest absolute Gasteiger partial charge is 0.347 e. The molecule has 1 fully saturated rings. The molecule has 1 saturated heterocycles. The third-order valence-corrected chi connectivity index (χ3v) is 5.49. The molecule has 0 aliphatic carbocycles. The van der Waals surface area contributed by atoms with E-state index in [2.05, 4.69) is 4.98 Å². The van der Waals surface area contributed by atoms with E-state index in [0.717, 1.165) is 18.5 Å². The summed E-state index contributed by atoms with van der Waals surface area (Å²) in [6, 6.07) is 16.0. The second kappa shape index (κ2) is 8.61. The molecule has 4 rings (SSSR count). The smallest absolute Gasteiger partial charge is 0.253 e. The Bertz CT molecular complexity index is 1040. The van der Waals surface area contributed by atoms with Crippen molar-refractivity contribution in [2.75, 3.05) is 32.1 Å². The van der Waals surface area contributed by atoms with Crippen LogP contribution in [0.2, 0.25) is 0 Å². The number of rotatable bonds is 4. The maximum atomic E-state index is 14.6. The average Bonchev–Trinajstić information content (AvgIpc) is 2.79. The van der Waals surface area contributed by atoms with Crippen LogP contribution in [-0.4, -0.2) is 48.0 Å². The first-order valence-corrected chi connectivity index (χ1v) is 10.2. The molecule has 2 heterocycles. The van der Waals surface area contributed by atoms with Gasteiger partial charge in [0.15, 0.2) is 0 Å². The van der Waals surface area contributed by atoms with Gasteiger partial charge in [0.2, 0.25) is 5.95 Å². The van der Waals surface area contributed by atoms with Gasteiger partial charge in [-0.25, -0.2) is 14.4 Å². The zero-order valence-electron chi connectivity index (χ0n) is 17.3. The number of anilines is 1. The third-order valence-electron chi connectivity index (χ3n) is 5.49. The van der Waals surface area contributed by atoms with Crippen LogP contribution in [0.4, 0.5) is 10.3 Å². The van der Waals surface area contributed by atoms with E-state index in [0.29, 0.717) is 35.7 Å². The molecule has 0 bridgehead atoms. The van der Waals surface area contributed by atoms with Crippen molar-refractivity contribution in [1.29, 1.82) is 0 Å². The Morgan fingerprint density at radius 2 is 1.80 bits per heavy atom. The molecular weight excluding hydrogens is 379 g/mol. The number of aromatic nitrogens is 2. The first kappa shape index (κ1) is 20.0. The maximum Gasteiger partial charge on any atom is 0.253 e. The van der Waals surface area contributed by atoms with E-state index in [9.17, 15) is 9.18 Å². The van der Waals surface area contributed by atoms with Gasteiger partial charge in [-0.3, -0.25) is 4.79 Å². The van der Waals surface area contributed by atoms with E-state index >= 15 is 0 Å². The quantitative estimate of drug-likeness (QED) is 0.648. The van der Waals surface area contributed by atoms with Gasteiger partial charge in [-0.05, 0) is 31.0 Å². The molecule has 1 atom stereocenters. The van der Waals surface area contributed by atoms with Gasteiger partial charge in [0.1, 0.15) is 5.82 Å². The van der Waals surface area contributed by atoms with Crippen molar-refractivity contribution >= 4 is 11.9 Å². The highest BCUT2D eigenvalue weighted by molar-refractivity contribution is 5.94. The lowest BCUT2D eigenvalue weighted by molar-refractivity contribution is 0.0706. The Labute approximate surface area is 176 Å². The van der Waals surface area contributed by atoms with Gasteiger partial charge < -0.3 is 9.80 Å². The van der Waals surface area contributed by atoms with Gasteiger partial charge >= 0.3 is 0 Å². The van der Waals surface area contributed by atoms with Crippen LogP contribution in [0.5, 0.6) is 0 Å². The van der Waals surface area contributed by atoms with Crippen molar-refractivity contribution in [3.8, 4) is 11.1 Å². The molecule has 5 nitrogen and oxygen atoms in total. The third kappa shape index (κ3) is 4.03. The topological polar surface area (TPSA) is 49.3 Å².